The number of carbonyl (C=O) groups excluding carboxylic acids is 1. The van der Waals surface area contributed by atoms with Gasteiger partial charge in [-0.3, -0.25) is 10.1 Å². The molecule has 2 aromatic rings. The van der Waals surface area contributed by atoms with Crippen LogP contribution in [0.5, 0.6) is 0 Å². The van der Waals surface area contributed by atoms with E-state index in [0.717, 1.165) is 38.6 Å². The van der Waals surface area contributed by atoms with E-state index in [1.54, 1.807) is 0 Å². The lowest BCUT2D eigenvalue weighted by Crippen LogP contribution is -2.68. The summed E-state index contributed by atoms with van der Waals surface area (Å²) in [4.78, 5) is 15.5. The zero-order valence-corrected chi connectivity index (χ0v) is 15.4. The molecule has 4 rings (SSSR count). The second-order valence-electron chi connectivity index (χ2n) is 7.85. The van der Waals surface area contributed by atoms with E-state index in [9.17, 15) is 4.79 Å². The minimum absolute atomic E-state index is 0.311. The van der Waals surface area contributed by atoms with Crippen molar-refractivity contribution >= 4 is 5.91 Å². The van der Waals surface area contributed by atoms with Crippen LogP contribution >= 0.6 is 0 Å². The van der Waals surface area contributed by atoms with Gasteiger partial charge in [-0.25, -0.2) is 0 Å². The number of hydrogen-bond acceptors (Lipinski definition) is 2. The number of hydrogen-bond donors (Lipinski definition) is 1. The standard InChI is InChI=1S/C23H28N2O/c26-22-23(14-8-3-9-15-23)24-21(16-19-10-4-1-5-11-19)18-25(22)17-20-12-6-2-7-13-20/h1-2,4-7,10-13,21,24H,3,8-9,14-18H2/t21-/m0/s1. The Morgan fingerprint density at radius 3 is 2.15 bits per heavy atom. The summed E-state index contributed by atoms with van der Waals surface area (Å²) in [5.74, 6) is 0.311. The largest absolute Gasteiger partial charge is 0.335 e. The molecule has 0 radical (unpaired) electrons. The van der Waals surface area contributed by atoms with Gasteiger partial charge in [-0.2, -0.15) is 0 Å². The van der Waals surface area contributed by atoms with Crippen LogP contribution < -0.4 is 5.32 Å². The zero-order valence-electron chi connectivity index (χ0n) is 15.4. The highest BCUT2D eigenvalue weighted by Gasteiger charge is 2.46. The average molecular weight is 348 g/mol. The van der Waals surface area contributed by atoms with Crippen LogP contribution in [0.15, 0.2) is 60.7 Å². The Labute approximate surface area is 156 Å². The van der Waals surface area contributed by atoms with Gasteiger partial charge in [-0.15, -0.1) is 0 Å². The van der Waals surface area contributed by atoms with Crippen molar-refractivity contribution < 1.29 is 4.79 Å². The van der Waals surface area contributed by atoms with Crippen molar-refractivity contribution in [1.29, 1.82) is 0 Å². The number of nitrogens with one attached hydrogen (secondary N) is 1. The number of nitrogens with zero attached hydrogens (tertiary/aromatic N) is 1. The van der Waals surface area contributed by atoms with Crippen LogP contribution in [-0.2, 0) is 17.8 Å². The lowest BCUT2D eigenvalue weighted by molar-refractivity contribution is -0.145. The van der Waals surface area contributed by atoms with Crippen LogP contribution in [-0.4, -0.2) is 28.9 Å². The summed E-state index contributed by atoms with van der Waals surface area (Å²) < 4.78 is 0. The van der Waals surface area contributed by atoms with E-state index in [1.807, 2.05) is 6.07 Å². The van der Waals surface area contributed by atoms with Crippen molar-refractivity contribution in [1.82, 2.24) is 10.2 Å². The normalized spacial score (nSPS) is 22.5. The van der Waals surface area contributed by atoms with E-state index >= 15 is 0 Å². The first-order valence-corrected chi connectivity index (χ1v) is 9.90. The fourth-order valence-electron chi connectivity index (χ4n) is 4.62. The lowest BCUT2D eigenvalue weighted by Gasteiger charge is -2.48. The summed E-state index contributed by atoms with van der Waals surface area (Å²) in [6, 6.07) is 21.3. The summed E-state index contributed by atoms with van der Waals surface area (Å²) in [5, 5.41) is 3.79. The van der Waals surface area contributed by atoms with Crippen LogP contribution in [0.25, 0.3) is 0 Å². The Bertz CT molecular complexity index is 722. The van der Waals surface area contributed by atoms with Gasteiger partial charge in [0.05, 0.1) is 5.54 Å². The molecular formula is C23H28N2O. The topological polar surface area (TPSA) is 32.3 Å². The summed E-state index contributed by atoms with van der Waals surface area (Å²) in [6.45, 7) is 1.50. The van der Waals surface area contributed by atoms with Crippen molar-refractivity contribution in [3.8, 4) is 0 Å². The molecule has 1 atom stereocenters. The second kappa shape index (κ2) is 7.63. The molecule has 1 aliphatic heterocycles. The van der Waals surface area contributed by atoms with Gasteiger partial charge in [0.25, 0.3) is 0 Å². The summed E-state index contributed by atoms with van der Waals surface area (Å²) in [5.41, 5.74) is 2.21. The van der Waals surface area contributed by atoms with Crippen molar-refractivity contribution in [2.45, 2.75) is 56.7 Å². The SMILES string of the molecule is O=C1N(Cc2ccccc2)C[C@H](Cc2ccccc2)NC12CCCCC2. The van der Waals surface area contributed by atoms with Gasteiger partial charge < -0.3 is 4.90 Å². The smallest absolute Gasteiger partial charge is 0.243 e. The Morgan fingerprint density at radius 2 is 1.50 bits per heavy atom. The third-order valence-corrected chi connectivity index (χ3v) is 5.87. The second-order valence-corrected chi connectivity index (χ2v) is 7.85. The first kappa shape index (κ1) is 17.3. The minimum atomic E-state index is -0.343. The fourth-order valence-corrected chi connectivity index (χ4v) is 4.62. The molecule has 0 unspecified atom stereocenters. The molecule has 2 fully saturated rings. The quantitative estimate of drug-likeness (QED) is 0.908. The average Bonchev–Trinajstić information content (AvgIpc) is 2.68. The molecule has 1 saturated heterocycles. The molecule has 1 amide bonds. The molecule has 2 aliphatic rings. The van der Waals surface area contributed by atoms with E-state index in [0.29, 0.717) is 18.5 Å². The summed E-state index contributed by atoms with van der Waals surface area (Å²) in [6.07, 6.45) is 6.47. The van der Waals surface area contributed by atoms with E-state index < -0.39 is 0 Å². The maximum atomic E-state index is 13.4. The maximum Gasteiger partial charge on any atom is 0.243 e. The van der Waals surface area contributed by atoms with Gasteiger partial charge in [0, 0.05) is 19.1 Å². The Morgan fingerprint density at radius 1 is 0.885 bits per heavy atom. The first-order valence-electron chi connectivity index (χ1n) is 9.90. The number of rotatable bonds is 4. The predicted octanol–water partition coefficient (Wildman–Crippen LogP) is 3.93. The van der Waals surface area contributed by atoms with E-state index in [2.05, 4.69) is 64.8 Å². The molecule has 1 heterocycles. The van der Waals surface area contributed by atoms with Gasteiger partial charge in [0.15, 0.2) is 0 Å². The van der Waals surface area contributed by atoms with Gasteiger partial charge in [-0.1, -0.05) is 79.9 Å². The van der Waals surface area contributed by atoms with E-state index in [4.69, 9.17) is 0 Å². The van der Waals surface area contributed by atoms with Crippen molar-refractivity contribution in [3.05, 3.63) is 71.8 Å². The molecule has 26 heavy (non-hydrogen) atoms. The van der Waals surface area contributed by atoms with Crippen molar-refractivity contribution in [2.24, 2.45) is 0 Å². The van der Waals surface area contributed by atoms with Gasteiger partial charge in [-0.05, 0) is 30.4 Å². The van der Waals surface area contributed by atoms with Crippen LogP contribution in [0.1, 0.15) is 43.2 Å². The zero-order chi connectivity index (χ0) is 17.8. The molecule has 0 aromatic heterocycles. The number of benzene rings is 2. The highest BCUT2D eigenvalue weighted by Crippen LogP contribution is 2.34. The first-order chi connectivity index (χ1) is 12.8. The minimum Gasteiger partial charge on any atom is -0.335 e. The van der Waals surface area contributed by atoms with Crippen molar-refractivity contribution in [3.63, 3.8) is 0 Å². The molecule has 2 aromatic carbocycles. The molecule has 1 aliphatic carbocycles. The molecule has 1 N–H and O–H groups in total. The molecule has 3 nitrogen and oxygen atoms in total. The lowest BCUT2D eigenvalue weighted by atomic mass is 9.78. The summed E-state index contributed by atoms with van der Waals surface area (Å²) in [7, 11) is 0. The van der Waals surface area contributed by atoms with Crippen LogP contribution in [0.4, 0.5) is 0 Å². The Kier molecular flexibility index (Phi) is 5.07. The van der Waals surface area contributed by atoms with Gasteiger partial charge in [0.2, 0.25) is 5.91 Å². The monoisotopic (exact) mass is 348 g/mol. The van der Waals surface area contributed by atoms with Crippen LogP contribution in [0.3, 0.4) is 0 Å². The van der Waals surface area contributed by atoms with Crippen molar-refractivity contribution in [2.75, 3.05) is 6.54 Å². The molecule has 0 bridgehead atoms. The Hall–Kier alpha value is -2.13. The Balaban J connectivity index is 1.56. The third kappa shape index (κ3) is 3.68. The number of carbonyl (C=O) groups is 1. The number of piperazine rings is 1. The van der Waals surface area contributed by atoms with Gasteiger partial charge in [0.1, 0.15) is 0 Å². The molecular weight excluding hydrogens is 320 g/mol. The summed E-state index contributed by atoms with van der Waals surface area (Å²) >= 11 is 0. The molecule has 136 valence electrons. The molecule has 1 saturated carbocycles. The predicted molar refractivity (Wildman–Crippen MR) is 105 cm³/mol. The van der Waals surface area contributed by atoms with E-state index in [1.165, 1.54) is 17.5 Å². The molecule has 1 spiro atoms. The fraction of sp³-hybridized carbons (Fsp3) is 0.435. The highest BCUT2D eigenvalue weighted by atomic mass is 16.2. The maximum absolute atomic E-state index is 13.4. The van der Waals surface area contributed by atoms with E-state index in [-0.39, 0.29) is 5.54 Å². The van der Waals surface area contributed by atoms with Crippen LogP contribution in [0, 0.1) is 0 Å². The third-order valence-electron chi connectivity index (χ3n) is 5.87. The highest BCUT2D eigenvalue weighted by molar-refractivity contribution is 5.87. The van der Waals surface area contributed by atoms with Crippen LogP contribution in [0.2, 0.25) is 0 Å². The van der Waals surface area contributed by atoms with Gasteiger partial charge >= 0.3 is 0 Å². The number of amides is 1. The molecule has 3 heteroatoms.